The molecule has 2 rings (SSSR count). The number of hydrogen-bond donors (Lipinski definition) is 1. The maximum atomic E-state index is 12.7. The number of piperidine rings is 1. The molecule has 1 aliphatic heterocycles. The van der Waals surface area contributed by atoms with E-state index in [1.807, 2.05) is 6.92 Å². The first-order chi connectivity index (χ1) is 11.9. The summed E-state index contributed by atoms with van der Waals surface area (Å²) in [5.41, 5.74) is 0.552. The van der Waals surface area contributed by atoms with Gasteiger partial charge in [-0.2, -0.15) is 0 Å². The Balaban J connectivity index is 2.01. The maximum Gasteiger partial charge on any atom is 0.305 e. The average Bonchev–Trinajstić information content (AvgIpc) is 2.62. The summed E-state index contributed by atoms with van der Waals surface area (Å²) in [6, 6.07) is 6.71. The molecule has 25 heavy (non-hydrogen) atoms. The van der Waals surface area contributed by atoms with E-state index in [-0.39, 0.29) is 30.7 Å². The summed E-state index contributed by atoms with van der Waals surface area (Å²) >= 11 is 5.85. The van der Waals surface area contributed by atoms with Crippen LogP contribution in [0.5, 0.6) is 0 Å². The van der Waals surface area contributed by atoms with Crippen LogP contribution in [0.4, 0.5) is 0 Å². The van der Waals surface area contributed by atoms with Gasteiger partial charge >= 0.3 is 5.97 Å². The van der Waals surface area contributed by atoms with E-state index in [0.29, 0.717) is 36.6 Å². The van der Waals surface area contributed by atoms with Crippen LogP contribution in [-0.2, 0) is 9.59 Å². The van der Waals surface area contributed by atoms with E-state index in [2.05, 4.69) is 0 Å². The molecule has 1 aromatic carbocycles. The summed E-state index contributed by atoms with van der Waals surface area (Å²) in [5, 5.41) is 9.38. The number of carboxylic acids is 1. The minimum atomic E-state index is -0.922. The van der Waals surface area contributed by atoms with Gasteiger partial charge in [0.25, 0.3) is 5.91 Å². The van der Waals surface area contributed by atoms with Crippen LogP contribution >= 0.6 is 11.6 Å². The molecule has 1 aliphatic rings. The van der Waals surface area contributed by atoms with Crippen molar-refractivity contribution in [3.05, 3.63) is 34.9 Å². The summed E-state index contributed by atoms with van der Waals surface area (Å²) in [6.45, 7) is 3.48. The number of carboxylic acid groups (broad SMARTS) is 1. The predicted octanol–water partition coefficient (Wildman–Crippen LogP) is 2.52. The number of nitrogens with zero attached hydrogens (tertiary/aromatic N) is 2. The number of hydrogen-bond acceptors (Lipinski definition) is 3. The molecule has 0 radical (unpaired) electrons. The molecule has 0 bridgehead atoms. The van der Waals surface area contributed by atoms with Crippen LogP contribution < -0.4 is 0 Å². The molecule has 1 aromatic rings. The molecule has 1 saturated heterocycles. The van der Waals surface area contributed by atoms with Crippen molar-refractivity contribution in [3.63, 3.8) is 0 Å². The third kappa shape index (κ3) is 5.19. The molecule has 1 atom stereocenters. The van der Waals surface area contributed by atoms with Crippen molar-refractivity contribution in [2.45, 2.75) is 26.2 Å². The molecule has 0 aromatic heterocycles. The Bertz CT molecular complexity index is 632. The fourth-order valence-electron chi connectivity index (χ4n) is 3.05. The molecule has 136 valence electrons. The van der Waals surface area contributed by atoms with Gasteiger partial charge in [0.1, 0.15) is 0 Å². The van der Waals surface area contributed by atoms with Crippen molar-refractivity contribution in [1.82, 2.24) is 9.80 Å². The van der Waals surface area contributed by atoms with Gasteiger partial charge in [0.05, 0.1) is 12.3 Å². The Labute approximate surface area is 152 Å². The molecular weight excluding hydrogens is 344 g/mol. The minimum absolute atomic E-state index is 0.0697. The third-order valence-electron chi connectivity index (χ3n) is 4.44. The number of aliphatic carboxylic acids is 1. The smallest absolute Gasteiger partial charge is 0.305 e. The lowest BCUT2D eigenvalue weighted by Crippen LogP contribution is -2.47. The molecule has 1 heterocycles. The highest BCUT2D eigenvalue weighted by molar-refractivity contribution is 6.30. The van der Waals surface area contributed by atoms with Crippen molar-refractivity contribution in [2.24, 2.45) is 5.92 Å². The summed E-state index contributed by atoms with van der Waals surface area (Å²) in [4.78, 5) is 39.3. The Hall–Kier alpha value is -2.08. The molecule has 2 amide bonds. The van der Waals surface area contributed by atoms with Gasteiger partial charge in [-0.15, -0.1) is 0 Å². The van der Waals surface area contributed by atoms with E-state index in [0.717, 1.165) is 6.42 Å². The largest absolute Gasteiger partial charge is 0.481 e. The van der Waals surface area contributed by atoms with Crippen LogP contribution in [0.25, 0.3) is 0 Å². The zero-order valence-corrected chi connectivity index (χ0v) is 15.0. The number of likely N-dealkylation sites (tertiary alicyclic amines) is 1. The summed E-state index contributed by atoms with van der Waals surface area (Å²) < 4.78 is 0. The highest BCUT2D eigenvalue weighted by atomic mass is 35.5. The van der Waals surface area contributed by atoms with Gasteiger partial charge in [-0.1, -0.05) is 11.6 Å². The molecule has 0 saturated carbocycles. The first-order valence-corrected chi connectivity index (χ1v) is 8.85. The highest BCUT2D eigenvalue weighted by Gasteiger charge is 2.31. The van der Waals surface area contributed by atoms with Gasteiger partial charge in [0, 0.05) is 36.8 Å². The lowest BCUT2D eigenvalue weighted by molar-refractivity contribution is -0.140. The van der Waals surface area contributed by atoms with Crippen LogP contribution in [0.15, 0.2) is 24.3 Å². The Morgan fingerprint density at radius 1 is 1.28 bits per heavy atom. The van der Waals surface area contributed by atoms with E-state index in [4.69, 9.17) is 16.7 Å². The van der Waals surface area contributed by atoms with Crippen molar-refractivity contribution >= 4 is 29.4 Å². The van der Waals surface area contributed by atoms with E-state index < -0.39 is 5.97 Å². The van der Waals surface area contributed by atoms with Gasteiger partial charge < -0.3 is 14.9 Å². The molecule has 0 spiro atoms. The standard InChI is InChI=1S/C18H23ClN2O4/c1-2-20(11-9-16(22)23)18(25)14-4-3-10-21(12-14)17(24)13-5-7-15(19)8-6-13/h5-8,14H,2-4,9-12H2,1H3,(H,22,23). The van der Waals surface area contributed by atoms with Crippen LogP contribution in [-0.4, -0.2) is 58.9 Å². The molecular formula is C18H23ClN2O4. The first-order valence-electron chi connectivity index (χ1n) is 8.47. The van der Waals surface area contributed by atoms with Gasteiger partial charge in [-0.05, 0) is 44.0 Å². The van der Waals surface area contributed by atoms with Crippen molar-refractivity contribution in [3.8, 4) is 0 Å². The fourth-order valence-corrected chi connectivity index (χ4v) is 3.18. The zero-order chi connectivity index (χ0) is 18.4. The third-order valence-corrected chi connectivity index (χ3v) is 4.69. The lowest BCUT2D eigenvalue weighted by atomic mass is 9.95. The Morgan fingerprint density at radius 3 is 2.56 bits per heavy atom. The predicted molar refractivity (Wildman–Crippen MR) is 94.6 cm³/mol. The number of carbonyl (C=O) groups excluding carboxylic acids is 2. The summed E-state index contributed by atoms with van der Waals surface area (Å²) in [7, 11) is 0. The SMILES string of the molecule is CCN(CCC(=O)O)C(=O)C1CCCN(C(=O)c2ccc(Cl)cc2)C1. The Kier molecular flexibility index (Phi) is 6.82. The topological polar surface area (TPSA) is 77.9 Å². The van der Waals surface area contributed by atoms with Crippen LogP contribution in [0.3, 0.4) is 0 Å². The number of benzene rings is 1. The average molecular weight is 367 g/mol. The van der Waals surface area contributed by atoms with Crippen molar-refractivity contribution in [1.29, 1.82) is 0 Å². The van der Waals surface area contributed by atoms with E-state index in [1.165, 1.54) is 0 Å². The van der Waals surface area contributed by atoms with Crippen LogP contribution in [0.2, 0.25) is 5.02 Å². The highest BCUT2D eigenvalue weighted by Crippen LogP contribution is 2.21. The Morgan fingerprint density at radius 2 is 1.96 bits per heavy atom. The molecule has 1 fully saturated rings. The zero-order valence-electron chi connectivity index (χ0n) is 14.3. The molecule has 0 aliphatic carbocycles. The normalized spacial score (nSPS) is 17.2. The summed E-state index contributed by atoms with van der Waals surface area (Å²) in [5.74, 6) is -1.38. The van der Waals surface area contributed by atoms with Gasteiger partial charge in [0.15, 0.2) is 0 Å². The van der Waals surface area contributed by atoms with E-state index >= 15 is 0 Å². The van der Waals surface area contributed by atoms with Crippen molar-refractivity contribution in [2.75, 3.05) is 26.2 Å². The van der Waals surface area contributed by atoms with E-state index in [1.54, 1.807) is 34.1 Å². The second-order valence-electron chi connectivity index (χ2n) is 6.16. The number of amides is 2. The van der Waals surface area contributed by atoms with E-state index in [9.17, 15) is 14.4 Å². The monoisotopic (exact) mass is 366 g/mol. The fraction of sp³-hybridized carbons (Fsp3) is 0.500. The van der Waals surface area contributed by atoms with Crippen molar-refractivity contribution < 1.29 is 19.5 Å². The van der Waals surface area contributed by atoms with Gasteiger partial charge in [-0.25, -0.2) is 0 Å². The second-order valence-corrected chi connectivity index (χ2v) is 6.60. The van der Waals surface area contributed by atoms with Gasteiger partial charge in [0.2, 0.25) is 5.91 Å². The molecule has 6 nitrogen and oxygen atoms in total. The second kappa shape index (κ2) is 8.85. The number of halogens is 1. The molecule has 7 heteroatoms. The van der Waals surface area contributed by atoms with Gasteiger partial charge in [-0.3, -0.25) is 14.4 Å². The summed E-state index contributed by atoms with van der Waals surface area (Å²) in [6.07, 6.45) is 1.40. The van der Waals surface area contributed by atoms with Crippen LogP contribution in [0.1, 0.15) is 36.5 Å². The molecule has 1 N–H and O–H groups in total. The first kappa shape index (κ1) is 19.2. The van der Waals surface area contributed by atoms with Crippen LogP contribution in [0, 0.1) is 5.92 Å². The lowest BCUT2D eigenvalue weighted by Gasteiger charge is -2.34. The quantitative estimate of drug-likeness (QED) is 0.839. The number of carbonyl (C=O) groups is 3. The molecule has 1 unspecified atom stereocenters. The minimum Gasteiger partial charge on any atom is -0.481 e. The maximum absolute atomic E-state index is 12.7. The number of rotatable bonds is 6.